The summed E-state index contributed by atoms with van der Waals surface area (Å²) in [5.41, 5.74) is 8.96. The predicted octanol–water partition coefficient (Wildman–Crippen LogP) is 3.83. The quantitative estimate of drug-likeness (QED) is 0.547. The van der Waals surface area contributed by atoms with Gasteiger partial charge < -0.3 is 20.9 Å². The first-order valence-corrected chi connectivity index (χ1v) is 10.7. The van der Waals surface area contributed by atoms with Gasteiger partial charge in [0.05, 0.1) is 18.2 Å². The van der Waals surface area contributed by atoms with Crippen molar-refractivity contribution in [2.24, 2.45) is 0 Å². The summed E-state index contributed by atoms with van der Waals surface area (Å²) in [6, 6.07) is 14.8. The highest BCUT2D eigenvalue weighted by atomic mass is 19.1. The number of aromatic nitrogens is 1. The lowest BCUT2D eigenvalue weighted by Crippen LogP contribution is -2.31. The minimum atomic E-state index is -0.666. The predicted molar refractivity (Wildman–Crippen MR) is 121 cm³/mol. The Balaban J connectivity index is 1.56. The Kier molecular flexibility index (Phi) is 6.78. The smallest absolute Gasteiger partial charge is 0.254 e. The van der Waals surface area contributed by atoms with Gasteiger partial charge in [0.15, 0.2) is 0 Å². The van der Waals surface area contributed by atoms with Crippen LogP contribution in [0.2, 0.25) is 0 Å². The first-order chi connectivity index (χ1) is 15.6. The monoisotopic (exact) mass is 435 g/mol. The molecule has 0 radical (unpaired) electrons. The van der Waals surface area contributed by atoms with Crippen LogP contribution in [-0.4, -0.2) is 35.8 Å². The molecular weight excluding hydrogens is 409 g/mol. The maximum atomic E-state index is 14.9. The number of benzene rings is 2. The molecule has 1 amide bonds. The highest BCUT2D eigenvalue weighted by Crippen LogP contribution is 2.32. The Morgan fingerprint density at radius 3 is 2.62 bits per heavy atom. The van der Waals surface area contributed by atoms with Gasteiger partial charge >= 0.3 is 0 Å². The zero-order valence-corrected chi connectivity index (χ0v) is 17.6. The molecule has 1 fully saturated rings. The summed E-state index contributed by atoms with van der Waals surface area (Å²) in [4.78, 5) is 17.0. The molecule has 166 valence electrons. The normalized spacial score (nSPS) is 15.3. The van der Waals surface area contributed by atoms with Gasteiger partial charge in [-0.1, -0.05) is 36.4 Å². The number of carbonyl (C=O) groups excluding carboxylic acids is 1. The van der Waals surface area contributed by atoms with E-state index in [4.69, 9.17) is 10.5 Å². The molecule has 3 aromatic rings. The van der Waals surface area contributed by atoms with Gasteiger partial charge in [0.1, 0.15) is 11.6 Å². The SMILES string of the molecule is Nc1ncc(C2CCOCC2)cc1-c1ccc(C(=O)N[C@H](CO)c2ccccc2)c(F)c1. The molecule has 0 bridgehead atoms. The van der Waals surface area contributed by atoms with Crippen molar-refractivity contribution in [1.82, 2.24) is 10.3 Å². The van der Waals surface area contributed by atoms with E-state index in [0.717, 1.165) is 24.0 Å². The molecular formula is C25H26FN3O3. The number of ether oxygens (including phenoxy) is 1. The topological polar surface area (TPSA) is 97.5 Å². The molecule has 1 aliphatic heterocycles. The Hall–Kier alpha value is -3.29. The summed E-state index contributed by atoms with van der Waals surface area (Å²) in [5, 5.41) is 12.3. The van der Waals surface area contributed by atoms with Gasteiger partial charge in [0.25, 0.3) is 5.91 Å². The Labute approximate surface area is 186 Å². The third-order valence-electron chi connectivity index (χ3n) is 5.85. The van der Waals surface area contributed by atoms with E-state index in [1.807, 2.05) is 24.3 Å². The Morgan fingerprint density at radius 2 is 1.94 bits per heavy atom. The van der Waals surface area contributed by atoms with Gasteiger partial charge in [0, 0.05) is 25.0 Å². The van der Waals surface area contributed by atoms with Crippen LogP contribution in [0.5, 0.6) is 0 Å². The number of carbonyl (C=O) groups is 1. The van der Waals surface area contributed by atoms with Crippen LogP contribution >= 0.6 is 0 Å². The summed E-state index contributed by atoms with van der Waals surface area (Å²) < 4.78 is 20.4. The third kappa shape index (κ3) is 4.79. The van der Waals surface area contributed by atoms with Crippen molar-refractivity contribution in [3.63, 3.8) is 0 Å². The molecule has 1 aromatic heterocycles. The molecule has 2 aromatic carbocycles. The molecule has 4 N–H and O–H groups in total. The van der Waals surface area contributed by atoms with Crippen molar-refractivity contribution in [1.29, 1.82) is 0 Å². The molecule has 0 saturated carbocycles. The van der Waals surface area contributed by atoms with E-state index < -0.39 is 17.8 Å². The number of nitrogens with one attached hydrogen (secondary N) is 1. The van der Waals surface area contributed by atoms with E-state index in [2.05, 4.69) is 10.3 Å². The fourth-order valence-electron chi connectivity index (χ4n) is 4.00. The number of nitrogen functional groups attached to an aromatic ring is 1. The number of aliphatic hydroxyl groups is 1. The molecule has 1 saturated heterocycles. The third-order valence-corrected chi connectivity index (χ3v) is 5.85. The Bertz CT molecular complexity index is 1090. The number of nitrogens with zero attached hydrogens (tertiary/aromatic N) is 1. The molecule has 7 heteroatoms. The maximum Gasteiger partial charge on any atom is 0.254 e. The van der Waals surface area contributed by atoms with E-state index in [1.54, 1.807) is 24.4 Å². The number of hydrogen-bond donors (Lipinski definition) is 3. The standard InChI is InChI=1S/C25H26FN3O3/c26-22-13-18(21-12-19(14-28-24(21)27)16-8-10-32-11-9-16)6-7-20(22)25(31)29-23(15-30)17-4-2-1-3-5-17/h1-7,12-14,16,23,30H,8-11,15H2,(H2,27,28)(H,29,31)/t23-/m1/s1. The average Bonchev–Trinajstić information content (AvgIpc) is 2.83. The van der Waals surface area contributed by atoms with Crippen LogP contribution in [0.25, 0.3) is 11.1 Å². The van der Waals surface area contributed by atoms with E-state index >= 15 is 0 Å². The molecule has 0 unspecified atom stereocenters. The fourth-order valence-corrected chi connectivity index (χ4v) is 4.00. The van der Waals surface area contributed by atoms with E-state index in [-0.39, 0.29) is 12.2 Å². The first-order valence-electron chi connectivity index (χ1n) is 10.7. The van der Waals surface area contributed by atoms with Gasteiger partial charge in [-0.25, -0.2) is 9.37 Å². The highest BCUT2D eigenvalue weighted by Gasteiger charge is 2.20. The highest BCUT2D eigenvalue weighted by molar-refractivity contribution is 5.95. The lowest BCUT2D eigenvalue weighted by Gasteiger charge is -2.23. The lowest BCUT2D eigenvalue weighted by molar-refractivity contribution is 0.0853. The fraction of sp³-hybridized carbons (Fsp3) is 0.280. The summed E-state index contributed by atoms with van der Waals surface area (Å²) in [6.07, 6.45) is 3.59. The maximum absolute atomic E-state index is 14.9. The molecule has 4 rings (SSSR count). The van der Waals surface area contributed by atoms with Crippen molar-refractivity contribution in [3.8, 4) is 11.1 Å². The number of nitrogens with two attached hydrogens (primary N) is 1. The zero-order valence-electron chi connectivity index (χ0n) is 17.6. The van der Waals surface area contributed by atoms with Gasteiger partial charge in [-0.15, -0.1) is 0 Å². The lowest BCUT2D eigenvalue weighted by atomic mass is 9.91. The summed E-state index contributed by atoms with van der Waals surface area (Å²) in [5.74, 6) is -0.625. The second kappa shape index (κ2) is 9.89. The number of amides is 1. The van der Waals surface area contributed by atoms with Crippen LogP contribution in [0.3, 0.4) is 0 Å². The second-order valence-corrected chi connectivity index (χ2v) is 7.90. The Morgan fingerprint density at radius 1 is 1.19 bits per heavy atom. The van der Waals surface area contributed by atoms with Crippen LogP contribution in [0.15, 0.2) is 60.8 Å². The van der Waals surface area contributed by atoms with Crippen LogP contribution in [0.1, 0.15) is 46.3 Å². The van der Waals surface area contributed by atoms with Gasteiger partial charge in [0.2, 0.25) is 0 Å². The van der Waals surface area contributed by atoms with Gasteiger partial charge in [-0.3, -0.25) is 4.79 Å². The van der Waals surface area contributed by atoms with Crippen molar-refractivity contribution in [3.05, 3.63) is 83.3 Å². The van der Waals surface area contributed by atoms with Crippen molar-refractivity contribution in [2.75, 3.05) is 25.6 Å². The second-order valence-electron chi connectivity index (χ2n) is 7.90. The van der Waals surface area contributed by atoms with Gasteiger partial charge in [-0.05, 0) is 53.6 Å². The van der Waals surface area contributed by atoms with Crippen LogP contribution < -0.4 is 11.1 Å². The molecule has 2 heterocycles. The average molecular weight is 435 g/mol. The summed E-state index contributed by atoms with van der Waals surface area (Å²) in [6.45, 7) is 1.12. The zero-order chi connectivity index (χ0) is 22.5. The van der Waals surface area contributed by atoms with Crippen LogP contribution in [0.4, 0.5) is 10.2 Å². The number of anilines is 1. The first kappa shape index (κ1) is 21.9. The number of halogens is 1. The number of hydrogen-bond acceptors (Lipinski definition) is 5. The molecule has 0 aliphatic carbocycles. The van der Waals surface area contributed by atoms with Crippen molar-refractivity contribution >= 4 is 11.7 Å². The van der Waals surface area contributed by atoms with E-state index in [1.165, 1.54) is 12.1 Å². The van der Waals surface area contributed by atoms with Crippen molar-refractivity contribution in [2.45, 2.75) is 24.8 Å². The molecule has 0 spiro atoms. The van der Waals surface area contributed by atoms with E-state index in [9.17, 15) is 14.3 Å². The number of aliphatic hydroxyl groups excluding tert-OH is 1. The number of pyridine rings is 1. The van der Waals surface area contributed by atoms with Crippen LogP contribution in [-0.2, 0) is 4.74 Å². The van der Waals surface area contributed by atoms with Crippen LogP contribution in [0, 0.1) is 5.82 Å². The molecule has 32 heavy (non-hydrogen) atoms. The van der Waals surface area contributed by atoms with Crippen molar-refractivity contribution < 1.29 is 19.0 Å². The van der Waals surface area contributed by atoms with E-state index in [0.29, 0.717) is 36.1 Å². The largest absolute Gasteiger partial charge is 0.394 e. The molecule has 1 aliphatic rings. The molecule has 1 atom stereocenters. The molecule has 6 nitrogen and oxygen atoms in total. The number of rotatable bonds is 6. The minimum Gasteiger partial charge on any atom is -0.394 e. The summed E-state index contributed by atoms with van der Waals surface area (Å²) in [7, 11) is 0. The van der Waals surface area contributed by atoms with Gasteiger partial charge in [-0.2, -0.15) is 0 Å². The summed E-state index contributed by atoms with van der Waals surface area (Å²) >= 11 is 0. The minimum absolute atomic E-state index is 0.102.